The first-order chi connectivity index (χ1) is 16.8. The van der Waals surface area contributed by atoms with Crippen LogP contribution in [0.25, 0.3) is 0 Å². The average Bonchev–Trinajstić information content (AvgIpc) is 2.83. The SMILES string of the molecule is Cc1c(NS(C)(=O)=O)cccc1N(Cc1ccccc1)Cc1ccc(Oc2ccc(Br)cc2)cc1. The Labute approximate surface area is 215 Å². The van der Waals surface area contributed by atoms with E-state index in [0.717, 1.165) is 32.8 Å². The summed E-state index contributed by atoms with van der Waals surface area (Å²) in [4.78, 5) is 2.25. The molecule has 7 heteroatoms. The summed E-state index contributed by atoms with van der Waals surface area (Å²) < 4.78 is 33.3. The molecule has 1 N–H and O–H groups in total. The second-order valence-corrected chi connectivity index (χ2v) is 11.0. The van der Waals surface area contributed by atoms with Gasteiger partial charge < -0.3 is 9.64 Å². The number of hydrogen-bond donors (Lipinski definition) is 1. The number of ether oxygens (including phenoxy) is 1. The summed E-state index contributed by atoms with van der Waals surface area (Å²) in [5.74, 6) is 1.54. The van der Waals surface area contributed by atoms with Crippen LogP contribution in [0.2, 0.25) is 0 Å². The average molecular weight is 552 g/mol. The molecule has 0 aromatic heterocycles. The van der Waals surface area contributed by atoms with E-state index in [0.29, 0.717) is 18.8 Å². The van der Waals surface area contributed by atoms with Gasteiger partial charge in [0.25, 0.3) is 0 Å². The van der Waals surface area contributed by atoms with Crippen LogP contribution in [0, 0.1) is 6.92 Å². The molecule has 5 nitrogen and oxygen atoms in total. The Kier molecular flexibility index (Phi) is 7.78. The molecule has 0 spiro atoms. The van der Waals surface area contributed by atoms with E-state index in [1.54, 1.807) is 6.07 Å². The Morgan fingerprint density at radius 1 is 0.771 bits per heavy atom. The molecule has 0 amide bonds. The zero-order chi connectivity index (χ0) is 24.8. The first-order valence-electron chi connectivity index (χ1n) is 11.2. The van der Waals surface area contributed by atoms with Crippen molar-refractivity contribution in [2.24, 2.45) is 0 Å². The third-order valence-corrected chi connectivity index (χ3v) is 6.62. The van der Waals surface area contributed by atoms with Crippen LogP contribution in [0.3, 0.4) is 0 Å². The number of benzene rings is 4. The van der Waals surface area contributed by atoms with Gasteiger partial charge in [0.1, 0.15) is 11.5 Å². The van der Waals surface area contributed by atoms with Crippen molar-refractivity contribution in [2.75, 3.05) is 15.9 Å². The van der Waals surface area contributed by atoms with Gasteiger partial charge in [0.05, 0.1) is 11.9 Å². The fourth-order valence-electron chi connectivity index (χ4n) is 3.83. The van der Waals surface area contributed by atoms with Gasteiger partial charge in [0.15, 0.2) is 0 Å². The minimum Gasteiger partial charge on any atom is -0.457 e. The molecule has 4 rings (SSSR count). The molecule has 0 aliphatic carbocycles. The zero-order valence-corrected chi connectivity index (χ0v) is 22.0. The first kappa shape index (κ1) is 24.8. The van der Waals surface area contributed by atoms with Crippen LogP contribution in [0.5, 0.6) is 11.5 Å². The maximum atomic E-state index is 11.9. The summed E-state index contributed by atoms with van der Waals surface area (Å²) in [6.07, 6.45) is 1.17. The van der Waals surface area contributed by atoms with Crippen molar-refractivity contribution in [3.05, 3.63) is 118 Å². The van der Waals surface area contributed by atoms with E-state index in [1.807, 2.05) is 73.7 Å². The molecule has 0 aliphatic rings. The predicted octanol–water partition coefficient (Wildman–Crippen LogP) is 7.13. The number of anilines is 2. The maximum Gasteiger partial charge on any atom is 0.229 e. The third kappa shape index (κ3) is 7.10. The molecule has 0 saturated carbocycles. The van der Waals surface area contributed by atoms with Crippen molar-refractivity contribution in [1.82, 2.24) is 0 Å². The van der Waals surface area contributed by atoms with Gasteiger partial charge in [-0.05, 0) is 72.1 Å². The first-order valence-corrected chi connectivity index (χ1v) is 13.8. The number of sulfonamides is 1. The lowest BCUT2D eigenvalue weighted by atomic mass is 10.1. The van der Waals surface area contributed by atoms with E-state index in [9.17, 15) is 8.42 Å². The Hall–Kier alpha value is -3.29. The van der Waals surface area contributed by atoms with Gasteiger partial charge in [-0.3, -0.25) is 4.72 Å². The number of nitrogens with zero attached hydrogens (tertiary/aromatic N) is 1. The molecule has 0 aliphatic heterocycles. The van der Waals surface area contributed by atoms with Gasteiger partial charge in [-0.15, -0.1) is 0 Å². The summed E-state index contributed by atoms with van der Waals surface area (Å²) in [5, 5.41) is 0. The maximum absolute atomic E-state index is 11.9. The molecule has 0 bridgehead atoms. The lowest BCUT2D eigenvalue weighted by Gasteiger charge is -2.28. The quantitative estimate of drug-likeness (QED) is 0.241. The molecule has 0 heterocycles. The predicted molar refractivity (Wildman–Crippen MR) is 147 cm³/mol. The van der Waals surface area contributed by atoms with Crippen LogP contribution in [-0.2, 0) is 23.1 Å². The third-order valence-electron chi connectivity index (χ3n) is 5.50. The highest BCUT2D eigenvalue weighted by Gasteiger charge is 2.15. The minimum absolute atomic E-state index is 0.585. The van der Waals surface area contributed by atoms with Crippen molar-refractivity contribution in [2.45, 2.75) is 20.0 Å². The molecule has 0 radical (unpaired) electrons. The van der Waals surface area contributed by atoms with Gasteiger partial charge in [0, 0.05) is 23.2 Å². The van der Waals surface area contributed by atoms with Gasteiger partial charge >= 0.3 is 0 Å². The normalized spacial score (nSPS) is 11.2. The zero-order valence-electron chi connectivity index (χ0n) is 19.6. The van der Waals surface area contributed by atoms with E-state index >= 15 is 0 Å². The standard InChI is InChI=1S/C28H27BrN2O3S/c1-21-27(30-35(2,32)33)9-6-10-28(21)31(19-22-7-4-3-5-8-22)20-23-11-15-25(16-12-23)34-26-17-13-24(29)14-18-26/h3-18,30H,19-20H2,1-2H3. The fourth-order valence-corrected chi connectivity index (χ4v) is 4.71. The molecule has 0 saturated heterocycles. The van der Waals surface area contributed by atoms with E-state index in [2.05, 4.69) is 49.8 Å². The Balaban J connectivity index is 1.59. The monoisotopic (exact) mass is 550 g/mol. The fraction of sp³-hybridized carbons (Fsp3) is 0.143. The second kappa shape index (κ2) is 11.0. The lowest BCUT2D eigenvalue weighted by molar-refractivity contribution is 0.482. The van der Waals surface area contributed by atoms with Gasteiger partial charge in [-0.25, -0.2) is 8.42 Å². The molecule has 4 aromatic rings. The van der Waals surface area contributed by atoms with E-state index < -0.39 is 10.0 Å². The minimum atomic E-state index is -3.38. The van der Waals surface area contributed by atoms with E-state index in [4.69, 9.17) is 4.74 Å². The Bertz CT molecular complexity index is 1370. The van der Waals surface area contributed by atoms with Crippen molar-refractivity contribution < 1.29 is 13.2 Å². The molecule has 0 atom stereocenters. The highest BCUT2D eigenvalue weighted by Crippen LogP contribution is 2.30. The number of halogens is 1. The smallest absolute Gasteiger partial charge is 0.229 e. The summed E-state index contributed by atoms with van der Waals surface area (Å²) in [6, 6.07) is 31.7. The van der Waals surface area contributed by atoms with Crippen molar-refractivity contribution in [3.8, 4) is 11.5 Å². The van der Waals surface area contributed by atoms with Gasteiger partial charge in [-0.1, -0.05) is 64.5 Å². The Morgan fingerprint density at radius 3 is 1.94 bits per heavy atom. The lowest BCUT2D eigenvalue weighted by Crippen LogP contribution is -2.23. The molecular formula is C28H27BrN2O3S. The van der Waals surface area contributed by atoms with Crippen LogP contribution >= 0.6 is 15.9 Å². The van der Waals surface area contributed by atoms with Crippen molar-refractivity contribution in [1.29, 1.82) is 0 Å². The second-order valence-electron chi connectivity index (χ2n) is 8.37. The van der Waals surface area contributed by atoms with Crippen molar-refractivity contribution in [3.63, 3.8) is 0 Å². The number of nitrogens with one attached hydrogen (secondary N) is 1. The molecule has 0 fully saturated rings. The molecule has 180 valence electrons. The summed E-state index contributed by atoms with van der Waals surface area (Å²) in [5.41, 5.74) is 4.72. The van der Waals surface area contributed by atoms with E-state index in [-0.39, 0.29) is 0 Å². The van der Waals surface area contributed by atoms with Crippen LogP contribution < -0.4 is 14.4 Å². The van der Waals surface area contributed by atoms with Crippen LogP contribution in [0.4, 0.5) is 11.4 Å². The van der Waals surface area contributed by atoms with Crippen molar-refractivity contribution >= 4 is 37.3 Å². The highest BCUT2D eigenvalue weighted by molar-refractivity contribution is 9.10. The van der Waals surface area contributed by atoms with Crippen LogP contribution in [0.1, 0.15) is 16.7 Å². The van der Waals surface area contributed by atoms with E-state index in [1.165, 1.54) is 11.8 Å². The number of rotatable bonds is 9. The van der Waals surface area contributed by atoms with Crippen LogP contribution in [0.15, 0.2) is 102 Å². The van der Waals surface area contributed by atoms with Gasteiger partial charge in [0.2, 0.25) is 10.0 Å². The molecular weight excluding hydrogens is 524 g/mol. The highest BCUT2D eigenvalue weighted by atomic mass is 79.9. The molecule has 35 heavy (non-hydrogen) atoms. The van der Waals surface area contributed by atoms with Gasteiger partial charge in [-0.2, -0.15) is 0 Å². The summed E-state index contributed by atoms with van der Waals surface area (Å²) in [7, 11) is -3.38. The largest absolute Gasteiger partial charge is 0.457 e. The summed E-state index contributed by atoms with van der Waals surface area (Å²) >= 11 is 3.44. The number of hydrogen-bond acceptors (Lipinski definition) is 4. The topological polar surface area (TPSA) is 58.6 Å². The molecule has 4 aromatic carbocycles. The molecule has 0 unspecified atom stereocenters. The Morgan fingerprint density at radius 2 is 1.34 bits per heavy atom. The van der Waals surface area contributed by atoms with Crippen LogP contribution in [-0.4, -0.2) is 14.7 Å². The summed E-state index contributed by atoms with van der Waals surface area (Å²) in [6.45, 7) is 3.27.